The fourth-order valence-corrected chi connectivity index (χ4v) is 2.08. The van der Waals surface area contributed by atoms with Crippen molar-refractivity contribution in [1.29, 1.82) is 0 Å². The van der Waals surface area contributed by atoms with Crippen LogP contribution in [0.5, 0.6) is 0 Å². The summed E-state index contributed by atoms with van der Waals surface area (Å²) in [5, 5.41) is 12.0. The molecule has 0 atom stereocenters. The van der Waals surface area contributed by atoms with Gasteiger partial charge in [-0.1, -0.05) is 0 Å². The maximum atomic E-state index is 11.9. The van der Waals surface area contributed by atoms with Gasteiger partial charge in [0.1, 0.15) is 10.7 Å². The van der Waals surface area contributed by atoms with Crippen LogP contribution in [0.1, 0.15) is 26.9 Å². The average molecular weight is 251 g/mol. The first kappa shape index (κ1) is 11.7. The molecular weight excluding hydrogens is 238 g/mol. The quantitative estimate of drug-likeness (QED) is 0.763. The number of amides is 1. The second-order valence-corrected chi connectivity index (χ2v) is 4.54. The van der Waals surface area contributed by atoms with E-state index in [1.807, 2.05) is 13.8 Å². The maximum absolute atomic E-state index is 11.9. The van der Waals surface area contributed by atoms with Crippen molar-refractivity contribution in [2.45, 2.75) is 20.4 Å². The molecule has 4 N–H and O–H groups in total. The maximum Gasteiger partial charge on any atom is 0.275 e. The zero-order valence-electron chi connectivity index (χ0n) is 9.57. The molecule has 0 radical (unpaired) electrons. The van der Waals surface area contributed by atoms with Crippen LogP contribution in [0.15, 0.2) is 5.38 Å². The Morgan fingerprint density at radius 1 is 1.59 bits per heavy atom. The summed E-state index contributed by atoms with van der Waals surface area (Å²) < 4.78 is 0. The Morgan fingerprint density at radius 3 is 2.88 bits per heavy atom. The standard InChI is InChI=1S/C10H13N5OS/c1-5-9(6(2)15-14-5)13-10(16)7-4-17-8(3-11)12-7/h4H,3,11H2,1-2H3,(H,13,16)(H,14,15). The van der Waals surface area contributed by atoms with Gasteiger partial charge in [-0.3, -0.25) is 9.89 Å². The predicted molar refractivity (Wildman–Crippen MR) is 66.0 cm³/mol. The highest BCUT2D eigenvalue weighted by atomic mass is 32.1. The fraction of sp³-hybridized carbons (Fsp3) is 0.300. The Hall–Kier alpha value is -1.73. The number of nitrogens with zero attached hydrogens (tertiary/aromatic N) is 2. The van der Waals surface area contributed by atoms with E-state index in [0.29, 0.717) is 17.9 Å². The number of nitrogens with two attached hydrogens (primary N) is 1. The van der Waals surface area contributed by atoms with Crippen molar-refractivity contribution in [2.24, 2.45) is 5.73 Å². The molecule has 0 aliphatic rings. The van der Waals surface area contributed by atoms with Gasteiger partial charge in [0.2, 0.25) is 0 Å². The van der Waals surface area contributed by atoms with Crippen LogP contribution in [0, 0.1) is 13.8 Å². The summed E-state index contributed by atoms with van der Waals surface area (Å²) >= 11 is 1.38. The zero-order valence-corrected chi connectivity index (χ0v) is 10.4. The third-order valence-corrected chi connectivity index (χ3v) is 3.20. The highest BCUT2D eigenvalue weighted by Gasteiger charge is 2.14. The Morgan fingerprint density at radius 2 is 2.35 bits per heavy atom. The second-order valence-electron chi connectivity index (χ2n) is 3.59. The molecule has 0 saturated carbocycles. The van der Waals surface area contributed by atoms with Crippen molar-refractivity contribution in [2.75, 3.05) is 5.32 Å². The van der Waals surface area contributed by atoms with Gasteiger partial charge in [-0.15, -0.1) is 11.3 Å². The number of carbonyl (C=O) groups is 1. The number of hydrogen-bond donors (Lipinski definition) is 3. The lowest BCUT2D eigenvalue weighted by atomic mass is 10.3. The lowest BCUT2D eigenvalue weighted by molar-refractivity contribution is 0.102. The molecule has 0 aliphatic heterocycles. The average Bonchev–Trinajstić information content (AvgIpc) is 2.90. The Bertz CT molecular complexity index is 525. The van der Waals surface area contributed by atoms with Gasteiger partial charge in [0.15, 0.2) is 0 Å². The summed E-state index contributed by atoms with van der Waals surface area (Å²) in [5.74, 6) is -0.242. The molecule has 7 heteroatoms. The molecule has 0 aliphatic carbocycles. The molecule has 0 bridgehead atoms. The minimum absolute atomic E-state index is 0.242. The van der Waals surface area contributed by atoms with E-state index >= 15 is 0 Å². The molecule has 6 nitrogen and oxygen atoms in total. The lowest BCUT2D eigenvalue weighted by Gasteiger charge is -2.02. The van der Waals surface area contributed by atoms with Crippen LogP contribution in [-0.4, -0.2) is 21.1 Å². The summed E-state index contributed by atoms with van der Waals surface area (Å²) in [5.41, 5.74) is 8.12. The van der Waals surface area contributed by atoms with Crippen molar-refractivity contribution in [3.63, 3.8) is 0 Å². The van der Waals surface area contributed by atoms with Crippen molar-refractivity contribution in [1.82, 2.24) is 15.2 Å². The van der Waals surface area contributed by atoms with E-state index in [1.165, 1.54) is 11.3 Å². The first-order valence-electron chi connectivity index (χ1n) is 5.09. The number of hydrogen-bond acceptors (Lipinski definition) is 5. The van der Waals surface area contributed by atoms with Gasteiger partial charge in [-0.05, 0) is 13.8 Å². The van der Waals surface area contributed by atoms with Crippen molar-refractivity contribution < 1.29 is 4.79 Å². The smallest absolute Gasteiger partial charge is 0.275 e. The molecule has 0 spiro atoms. The van der Waals surface area contributed by atoms with Gasteiger partial charge in [-0.25, -0.2) is 4.98 Å². The second kappa shape index (κ2) is 4.64. The van der Waals surface area contributed by atoms with Crippen LogP contribution in [-0.2, 0) is 6.54 Å². The number of carbonyl (C=O) groups excluding carboxylic acids is 1. The van der Waals surface area contributed by atoms with E-state index in [-0.39, 0.29) is 5.91 Å². The molecule has 2 aromatic rings. The molecule has 90 valence electrons. The molecule has 0 unspecified atom stereocenters. The minimum Gasteiger partial charge on any atom is -0.325 e. The number of thiazole rings is 1. The molecule has 0 aromatic carbocycles. The summed E-state index contributed by atoms with van der Waals surface area (Å²) in [6, 6.07) is 0. The van der Waals surface area contributed by atoms with Crippen LogP contribution in [0.2, 0.25) is 0 Å². The number of rotatable bonds is 3. The molecule has 1 amide bonds. The number of aromatic nitrogens is 3. The van der Waals surface area contributed by atoms with E-state index in [0.717, 1.165) is 16.4 Å². The molecular formula is C10H13N5OS. The third kappa shape index (κ3) is 2.34. The van der Waals surface area contributed by atoms with Gasteiger partial charge in [0.05, 0.1) is 17.1 Å². The number of aryl methyl sites for hydroxylation is 2. The van der Waals surface area contributed by atoms with Crippen molar-refractivity contribution in [3.8, 4) is 0 Å². The Kier molecular flexibility index (Phi) is 3.21. The monoisotopic (exact) mass is 251 g/mol. The summed E-state index contributed by atoms with van der Waals surface area (Å²) in [4.78, 5) is 16.0. The van der Waals surface area contributed by atoms with E-state index in [9.17, 15) is 4.79 Å². The number of aromatic amines is 1. The molecule has 2 heterocycles. The number of H-pyrrole nitrogens is 1. The normalized spacial score (nSPS) is 10.5. The van der Waals surface area contributed by atoms with Crippen molar-refractivity contribution in [3.05, 3.63) is 27.5 Å². The largest absolute Gasteiger partial charge is 0.325 e. The van der Waals surface area contributed by atoms with Gasteiger partial charge >= 0.3 is 0 Å². The number of nitrogens with one attached hydrogen (secondary N) is 2. The van der Waals surface area contributed by atoms with E-state index in [1.54, 1.807) is 5.38 Å². The van der Waals surface area contributed by atoms with Crippen LogP contribution >= 0.6 is 11.3 Å². The minimum atomic E-state index is -0.242. The summed E-state index contributed by atoms with van der Waals surface area (Å²) in [6.07, 6.45) is 0. The van der Waals surface area contributed by atoms with E-state index in [4.69, 9.17) is 5.73 Å². The van der Waals surface area contributed by atoms with E-state index < -0.39 is 0 Å². The van der Waals surface area contributed by atoms with Crippen molar-refractivity contribution >= 4 is 22.9 Å². The molecule has 17 heavy (non-hydrogen) atoms. The highest BCUT2D eigenvalue weighted by molar-refractivity contribution is 7.09. The SMILES string of the molecule is Cc1n[nH]c(C)c1NC(=O)c1csc(CN)n1. The summed E-state index contributed by atoms with van der Waals surface area (Å²) in [7, 11) is 0. The zero-order chi connectivity index (χ0) is 12.4. The predicted octanol–water partition coefficient (Wildman–Crippen LogP) is 1.19. The van der Waals surface area contributed by atoms with Gasteiger partial charge in [0.25, 0.3) is 5.91 Å². The molecule has 0 fully saturated rings. The first-order valence-corrected chi connectivity index (χ1v) is 5.97. The Labute approximate surface area is 102 Å². The Balaban J connectivity index is 2.17. The number of anilines is 1. The van der Waals surface area contributed by atoms with Crippen LogP contribution < -0.4 is 11.1 Å². The molecule has 2 aromatic heterocycles. The van der Waals surface area contributed by atoms with E-state index in [2.05, 4.69) is 20.5 Å². The molecule has 0 saturated heterocycles. The fourth-order valence-electron chi connectivity index (χ4n) is 1.42. The molecule has 2 rings (SSSR count). The lowest BCUT2D eigenvalue weighted by Crippen LogP contribution is -2.13. The van der Waals surface area contributed by atoms with Gasteiger partial charge < -0.3 is 11.1 Å². The van der Waals surface area contributed by atoms with Crippen LogP contribution in [0.25, 0.3) is 0 Å². The third-order valence-electron chi connectivity index (χ3n) is 2.33. The topological polar surface area (TPSA) is 96.7 Å². The van der Waals surface area contributed by atoms with Gasteiger partial charge in [0, 0.05) is 11.9 Å². The van der Waals surface area contributed by atoms with Crippen LogP contribution in [0.3, 0.4) is 0 Å². The van der Waals surface area contributed by atoms with Crippen LogP contribution in [0.4, 0.5) is 5.69 Å². The first-order chi connectivity index (χ1) is 8.11. The van der Waals surface area contributed by atoms with Gasteiger partial charge in [-0.2, -0.15) is 5.10 Å². The highest BCUT2D eigenvalue weighted by Crippen LogP contribution is 2.18. The summed E-state index contributed by atoms with van der Waals surface area (Å²) in [6.45, 7) is 4.02.